The highest BCUT2D eigenvalue weighted by Gasteiger charge is 2.10. The molecule has 74 valence electrons. The Morgan fingerprint density at radius 3 is 2.42 bits per heavy atom. The van der Waals surface area contributed by atoms with Crippen molar-refractivity contribution in [3.05, 3.63) is 0 Å². The largest absolute Gasteiger partial charge is 0.326 e. The molecule has 0 radical (unpaired) electrons. The number of hydrogen-bond donors (Lipinski definition) is 3. The van der Waals surface area contributed by atoms with Gasteiger partial charge < -0.3 is 15.1 Å². The lowest BCUT2D eigenvalue weighted by molar-refractivity contribution is 0.371. The van der Waals surface area contributed by atoms with E-state index in [0.717, 1.165) is 13.0 Å². The van der Waals surface area contributed by atoms with Crippen molar-refractivity contribution in [2.24, 2.45) is 0 Å². The molecule has 0 bridgehead atoms. The fourth-order valence-corrected chi connectivity index (χ4v) is 1.30. The second-order valence-corrected chi connectivity index (χ2v) is 4.62. The molecule has 0 rings (SSSR count). The van der Waals surface area contributed by atoms with Gasteiger partial charge in [0.2, 0.25) is 0 Å². The summed E-state index contributed by atoms with van der Waals surface area (Å²) < 4.78 is 10.4. The van der Waals surface area contributed by atoms with Crippen molar-refractivity contribution in [2.45, 2.75) is 26.2 Å². The molecule has 0 spiro atoms. The molecule has 0 amide bonds. The highest BCUT2D eigenvalue weighted by atomic mass is 31.2. The van der Waals surface area contributed by atoms with Crippen LogP contribution >= 0.6 is 7.60 Å². The average Bonchev–Trinajstić information content (AvgIpc) is 1.94. The molecule has 0 unspecified atom stereocenters. The summed E-state index contributed by atoms with van der Waals surface area (Å²) in [6.07, 6.45) is 3.36. The number of nitrogens with one attached hydrogen (secondary N) is 1. The Hall–Kier alpha value is 0.110. The van der Waals surface area contributed by atoms with Gasteiger partial charge in [0, 0.05) is 6.54 Å². The summed E-state index contributed by atoms with van der Waals surface area (Å²) in [4.78, 5) is 17.0. The molecule has 3 N–H and O–H groups in total. The van der Waals surface area contributed by atoms with Crippen LogP contribution in [-0.2, 0) is 4.57 Å². The van der Waals surface area contributed by atoms with Gasteiger partial charge in [0.25, 0.3) is 0 Å². The lowest BCUT2D eigenvalue weighted by Gasteiger charge is -2.04. The predicted octanol–water partition coefficient (Wildman–Crippen LogP) is 0.944. The van der Waals surface area contributed by atoms with Crippen molar-refractivity contribution in [2.75, 3.05) is 19.3 Å². The third-order valence-electron chi connectivity index (χ3n) is 1.54. The minimum atomic E-state index is -3.78. The van der Waals surface area contributed by atoms with Gasteiger partial charge in [-0.25, -0.2) is 0 Å². The summed E-state index contributed by atoms with van der Waals surface area (Å²) in [5, 5.41) is 2.98. The van der Waals surface area contributed by atoms with Crippen molar-refractivity contribution in [1.29, 1.82) is 0 Å². The Morgan fingerprint density at radius 2 is 1.92 bits per heavy atom. The van der Waals surface area contributed by atoms with Crippen LogP contribution in [0.4, 0.5) is 0 Å². The van der Waals surface area contributed by atoms with E-state index in [0.29, 0.717) is 6.54 Å². The van der Waals surface area contributed by atoms with Crippen LogP contribution in [0.3, 0.4) is 0 Å². The van der Waals surface area contributed by atoms with E-state index in [1.54, 1.807) is 0 Å². The molecule has 0 heterocycles. The van der Waals surface area contributed by atoms with Crippen LogP contribution in [-0.4, -0.2) is 29.0 Å². The third kappa shape index (κ3) is 10.1. The van der Waals surface area contributed by atoms with E-state index in [-0.39, 0.29) is 6.16 Å². The van der Waals surface area contributed by atoms with Gasteiger partial charge in [-0.3, -0.25) is 4.57 Å². The smallest absolute Gasteiger partial charge is 0.324 e. The molecule has 0 aliphatic rings. The Labute approximate surface area is 73.5 Å². The molecular weight excluding hydrogens is 177 g/mol. The maximum atomic E-state index is 10.4. The Bertz CT molecular complexity index is 146. The molecule has 4 nitrogen and oxygen atoms in total. The molecular formula is C7H18NO3P. The number of unbranched alkanes of at least 4 members (excludes halogenated alkanes) is 2. The Morgan fingerprint density at radius 1 is 1.25 bits per heavy atom. The molecule has 0 atom stereocenters. The lowest BCUT2D eigenvalue weighted by Crippen LogP contribution is -2.19. The first-order valence-electron chi connectivity index (χ1n) is 4.31. The Balaban J connectivity index is 3.06. The van der Waals surface area contributed by atoms with E-state index in [2.05, 4.69) is 12.2 Å². The third-order valence-corrected chi connectivity index (χ3v) is 2.34. The second-order valence-electron chi connectivity index (χ2n) is 2.85. The normalized spacial score (nSPS) is 11.9. The quantitative estimate of drug-likeness (QED) is 0.417. The van der Waals surface area contributed by atoms with Gasteiger partial charge in [0.15, 0.2) is 0 Å². The van der Waals surface area contributed by atoms with E-state index < -0.39 is 7.60 Å². The summed E-state index contributed by atoms with van der Waals surface area (Å²) in [6, 6.07) is 0. The number of hydrogen-bond acceptors (Lipinski definition) is 2. The van der Waals surface area contributed by atoms with E-state index in [4.69, 9.17) is 9.79 Å². The van der Waals surface area contributed by atoms with Crippen molar-refractivity contribution in [1.82, 2.24) is 5.32 Å². The summed E-state index contributed by atoms with van der Waals surface area (Å²) in [5.74, 6) is 0. The first-order chi connectivity index (χ1) is 5.56. The molecule has 0 aromatic rings. The topological polar surface area (TPSA) is 69.6 Å². The summed E-state index contributed by atoms with van der Waals surface area (Å²) in [5.41, 5.74) is 0. The summed E-state index contributed by atoms with van der Waals surface area (Å²) in [7, 11) is -3.78. The van der Waals surface area contributed by atoms with Crippen molar-refractivity contribution in [3.8, 4) is 0 Å². The van der Waals surface area contributed by atoms with Gasteiger partial charge in [-0.15, -0.1) is 0 Å². The minimum Gasteiger partial charge on any atom is -0.324 e. The van der Waals surface area contributed by atoms with Crippen LogP contribution in [0.25, 0.3) is 0 Å². The van der Waals surface area contributed by atoms with E-state index in [1.807, 2.05) is 0 Å². The van der Waals surface area contributed by atoms with E-state index in [9.17, 15) is 4.57 Å². The van der Waals surface area contributed by atoms with Crippen LogP contribution in [0, 0.1) is 0 Å². The zero-order chi connectivity index (χ0) is 9.45. The molecule has 0 aliphatic carbocycles. The predicted molar refractivity (Wildman–Crippen MR) is 49.3 cm³/mol. The first-order valence-corrected chi connectivity index (χ1v) is 6.11. The lowest BCUT2D eigenvalue weighted by atomic mass is 10.2. The van der Waals surface area contributed by atoms with Crippen molar-refractivity contribution < 1.29 is 14.4 Å². The molecule has 0 saturated heterocycles. The fourth-order valence-electron chi connectivity index (χ4n) is 0.850. The molecule has 0 fully saturated rings. The first kappa shape index (κ1) is 12.1. The van der Waals surface area contributed by atoms with E-state index in [1.165, 1.54) is 12.8 Å². The zero-order valence-corrected chi connectivity index (χ0v) is 8.39. The van der Waals surface area contributed by atoms with Gasteiger partial charge in [0.1, 0.15) is 0 Å². The highest BCUT2D eigenvalue weighted by molar-refractivity contribution is 7.51. The molecule has 0 aromatic heterocycles. The SMILES string of the molecule is CCCCCNCCP(=O)(O)O. The van der Waals surface area contributed by atoms with Gasteiger partial charge >= 0.3 is 7.60 Å². The summed E-state index contributed by atoms with van der Waals surface area (Å²) in [6.45, 7) is 3.39. The van der Waals surface area contributed by atoms with E-state index >= 15 is 0 Å². The van der Waals surface area contributed by atoms with Crippen molar-refractivity contribution >= 4 is 7.60 Å². The van der Waals surface area contributed by atoms with Gasteiger partial charge in [-0.1, -0.05) is 19.8 Å². The number of rotatable bonds is 7. The molecule has 5 heteroatoms. The van der Waals surface area contributed by atoms with Gasteiger partial charge in [0.05, 0.1) is 6.16 Å². The minimum absolute atomic E-state index is 0.0564. The standard InChI is InChI=1S/C7H18NO3P/c1-2-3-4-5-8-6-7-12(9,10)11/h8H,2-7H2,1H3,(H2,9,10,11). The average molecular weight is 195 g/mol. The fraction of sp³-hybridized carbons (Fsp3) is 1.00. The molecule has 0 saturated carbocycles. The van der Waals surface area contributed by atoms with Crippen LogP contribution in [0.5, 0.6) is 0 Å². The van der Waals surface area contributed by atoms with Crippen LogP contribution in [0.2, 0.25) is 0 Å². The zero-order valence-electron chi connectivity index (χ0n) is 7.49. The maximum absolute atomic E-state index is 10.4. The maximum Gasteiger partial charge on any atom is 0.326 e. The highest BCUT2D eigenvalue weighted by Crippen LogP contribution is 2.32. The summed E-state index contributed by atoms with van der Waals surface area (Å²) >= 11 is 0. The molecule has 0 aliphatic heterocycles. The molecule has 12 heavy (non-hydrogen) atoms. The van der Waals surface area contributed by atoms with Crippen LogP contribution < -0.4 is 5.32 Å². The van der Waals surface area contributed by atoms with Gasteiger partial charge in [-0.2, -0.15) is 0 Å². The van der Waals surface area contributed by atoms with Crippen molar-refractivity contribution in [3.63, 3.8) is 0 Å². The second kappa shape index (κ2) is 6.61. The molecule has 0 aromatic carbocycles. The van der Waals surface area contributed by atoms with Crippen LogP contribution in [0.1, 0.15) is 26.2 Å². The Kier molecular flexibility index (Phi) is 6.67. The van der Waals surface area contributed by atoms with Crippen LogP contribution in [0.15, 0.2) is 0 Å². The monoisotopic (exact) mass is 195 g/mol. The van der Waals surface area contributed by atoms with Gasteiger partial charge in [-0.05, 0) is 13.0 Å².